The smallest absolute Gasteiger partial charge is 0.328 e. The summed E-state index contributed by atoms with van der Waals surface area (Å²) in [5.41, 5.74) is 4.44. The minimum Gasteiger partial charge on any atom is -0.478 e. The van der Waals surface area contributed by atoms with E-state index in [9.17, 15) is 9.90 Å². The molecule has 0 aliphatic heterocycles. The lowest BCUT2D eigenvalue weighted by molar-refractivity contribution is -0.131. The van der Waals surface area contributed by atoms with E-state index in [1.54, 1.807) is 6.08 Å². The van der Waals surface area contributed by atoms with Gasteiger partial charge in [-0.2, -0.15) is 0 Å². The minimum atomic E-state index is -0.955. The topological polar surface area (TPSA) is 57.5 Å². The maximum atomic E-state index is 10.5. The van der Waals surface area contributed by atoms with Gasteiger partial charge in [-0.1, -0.05) is 44.2 Å². The molecule has 2 rings (SSSR count). The average molecular weight is 286 g/mol. The Kier molecular flexibility index (Phi) is 4.63. The Morgan fingerprint density at radius 1 is 1.29 bits per heavy atom. The van der Waals surface area contributed by atoms with Crippen LogP contribution >= 0.6 is 0 Å². The first-order valence-corrected chi connectivity index (χ1v) is 7.31. The molecule has 112 valence electrons. The number of aliphatic carboxylic acids is 1. The van der Waals surface area contributed by atoms with E-state index < -0.39 is 12.1 Å². The van der Waals surface area contributed by atoms with E-state index in [-0.39, 0.29) is 5.92 Å². The second kappa shape index (κ2) is 6.27. The van der Waals surface area contributed by atoms with Gasteiger partial charge in [0.15, 0.2) is 0 Å². The summed E-state index contributed by atoms with van der Waals surface area (Å²) in [6.45, 7) is 6.30. The Hall–Kier alpha value is -1.87. The number of carboxylic acid groups (broad SMARTS) is 1. The van der Waals surface area contributed by atoms with E-state index in [0.717, 1.165) is 29.2 Å². The van der Waals surface area contributed by atoms with Gasteiger partial charge >= 0.3 is 5.97 Å². The quantitative estimate of drug-likeness (QED) is 0.656. The van der Waals surface area contributed by atoms with Gasteiger partial charge in [0.1, 0.15) is 0 Å². The third-order valence-electron chi connectivity index (χ3n) is 4.23. The van der Waals surface area contributed by atoms with Crippen LogP contribution in [0.25, 0.3) is 6.08 Å². The maximum Gasteiger partial charge on any atom is 0.328 e. The van der Waals surface area contributed by atoms with E-state index in [0.29, 0.717) is 5.92 Å². The van der Waals surface area contributed by atoms with Crippen LogP contribution in [0, 0.1) is 12.8 Å². The van der Waals surface area contributed by atoms with Crippen molar-refractivity contribution in [2.24, 2.45) is 5.92 Å². The highest BCUT2D eigenvalue weighted by molar-refractivity contribution is 5.80. The number of benzene rings is 1. The number of carbonyl (C=O) groups is 1. The van der Waals surface area contributed by atoms with Gasteiger partial charge in [0.2, 0.25) is 0 Å². The molecule has 0 radical (unpaired) electrons. The van der Waals surface area contributed by atoms with Crippen molar-refractivity contribution in [3.63, 3.8) is 0 Å². The third-order valence-corrected chi connectivity index (χ3v) is 4.23. The molecule has 0 unspecified atom stereocenters. The van der Waals surface area contributed by atoms with E-state index in [1.807, 2.05) is 25.1 Å². The third kappa shape index (κ3) is 3.24. The average Bonchev–Trinajstić information content (AvgIpc) is 2.42. The lowest BCUT2D eigenvalue weighted by Gasteiger charge is -2.33. The highest BCUT2D eigenvalue weighted by Gasteiger charge is 2.30. The van der Waals surface area contributed by atoms with Gasteiger partial charge < -0.3 is 10.2 Å². The summed E-state index contributed by atoms with van der Waals surface area (Å²) in [5.74, 6) is -0.301. The summed E-state index contributed by atoms with van der Waals surface area (Å²) in [7, 11) is 0. The summed E-state index contributed by atoms with van der Waals surface area (Å²) in [5, 5.41) is 19.0. The van der Waals surface area contributed by atoms with E-state index >= 15 is 0 Å². The van der Waals surface area contributed by atoms with Crippen molar-refractivity contribution in [2.45, 2.75) is 39.2 Å². The Morgan fingerprint density at radius 2 is 2.00 bits per heavy atom. The summed E-state index contributed by atoms with van der Waals surface area (Å²) >= 11 is 0. The summed E-state index contributed by atoms with van der Waals surface area (Å²) in [4.78, 5) is 10.5. The standard InChI is InChI=1S/C18H22O3/c1-11-8-9-15-17(12(2)10-13(3)18(15)21)14(11)6-4-5-7-16(19)20/h4-9,12-13,18,21H,10H2,1-3H3,(H,19,20)/b6-4+,7-5+/t12-,13+,18+/m1/s1. The fourth-order valence-electron chi connectivity index (χ4n) is 3.19. The van der Waals surface area contributed by atoms with Crippen molar-refractivity contribution in [3.05, 3.63) is 52.6 Å². The number of hydrogen-bond donors (Lipinski definition) is 2. The number of allylic oxidation sites excluding steroid dienone is 2. The van der Waals surface area contributed by atoms with Crippen molar-refractivity contribution >= 4 is 12.0 Å². The molecule has 0 amide bonds. The zero-order valence-electron chi connectivity index (χ0n) is 12.7. The van der Waals surface area contributed by atoms with Crippen LogP contribution in [0.1, 0.15) is 54.5 Å². The molecule has 1 aliphatic rings. The van der Waals surface area contributed by atoms with Crippen LogP contribution in [0.4, 0.5) is 0 Å². The van der Waals surface area contributed by atoms with E-state index in [4.69, 9.17) is 5.11 Å². The van der Waals surface area contributed by atoms with E-state index in [2.05, 4.69) is 13.8 Å². The molecule has 0 saturated heterocycles. The Morgan fingerprint density at radius 3 is 2.67 bits per heavy atom. The van der Waals surface area contributed by atoms with Crippen LogP contribution in [0.3, 0.4) is 0 Å². The van der Waals surface area contributed by atoms with Crippen LogP contribution in [0.5, 0.6) is 0 Å². The lowest BCUT2D eigenvalue weighted by Crippen LogP contribution is -2.21. The number of fused-ring (bicyclic) bond motifs is 1. The van der Waals surface area contributed by atoms with Crippen molar-refractivity contribution in [2.75, 3.05) is 0 Å². The molecule has 0 saturated carbocycles. The first-order chi connectivity index (χ1) is 9.91. The number of aryl methyl sites for hydroxylation is 1. The molecule has 3 nitrogen and oxygen atoms in total. The van der Waals surface area contributed by atoms with Crippen LogP contribution in [-0.2, 0) is 4.79 Å². The number of aliphatic hydroxyl groups excluding tert-OH is 1. The fraction of sp³-hybridized carbons (Fsp3) is 0.389. The van der Waals surface area contributed by atoms with Crippen LogP contribution < -0.4 is 0 Å². The van der Waals surface area contributed by atoms with Crippen molar-refractivity contribution in [1.82, 2.24) is 0 Å². The largest absolute Gasteiger partial charge is 0.478 e. The van der Waals surface area contributed by atoms with Gasteiger partial charge in [-0.25, -0.2) is 4.79 Å². The summed E-state index contributed by atoms with van der Waals surface area (Å²) < 4.78 is 0. The molecule has 0 aromatic heterocycles. The van der Waals surface area contributed by atoms with E-state index in [1.165, 1.54) is 11.6 Å². The predicted octanol–water partition coefficient (Wildman–Crippen LogP) is 3.83. The van der Waals surface area contributed by atoms with Crippen molar-refractivity contribution in [3.8, 4) is 0 Å². The molecule has 2 N–H and O–H groups in total. The van der Waals surface area contributed by atoms with Crippen molar-refractivity contribution in [1.29, 1.82) is 0 Å². The van der Waals surface area contributed by atoms with Crippen LogP contribution in [0.2, 0.25) is 0 Å². The molecule has 3 atom stereocenters. The molecule has 0 heterocycles. The second-order valence-electron chi connectivity index (χ2n) is 5.91. The van der Waals surface area contributed by atoms with Gasteiger partial charge in [0, 0.05) is 6.08 Å². The predicted molar refractivity (Wildman–Crippen MR) is 84.1 cm³/mol. The van der Waals surface area contributed by atoms with Crippen LogP contribution in [0.15, 0.2) is 30.4 Å². The molecular weight excluding hydrogens is 264 g/mol. The Labute approximate surface area is 125 Å². The van der Waals surface area contributed by atoms with Gasteiger partial charge in [-0.05, 0) is 47.4 Å². The highest BCUT2D eigenvalue weighted by atomic mass is 16.4. The molecule has 0 fully saturated rings. The fourth-order valence-corrected chi connectivity index (χ4v) is 3.19. The second-order valence-corrected chi connectivity index (χ2v) is 5.91. The van der Waals surface area contributed by atoms with Gasteiger partial charge in [0.25, 0.3) is 0 Å². The summed E-state index contributed by atoms with van der Waals surface area (Å²) in [6.07, 6.45) is 6.86. The normalized spacial score (nSPS) is 25.4. The van der Waals surface area contributed by atoms with Gasteiger partial charge in [-0.15, -0.1) is 0 Å². The van der Waals surface area contributed by atoms with Crippen molar-refractivity contribution < 1.29 is 15.0 Å². The molecule has 1 aromatic carbocycles. The molecule has 0 spiro atoms. The summed E-state index contributed by atoms with van der Waals surface area (Å²) in [6, 6.07) is 4.04. The Balaban J connectivity index is 2.45. The Bertz CT molecular complexity index is 599. The SMILES string of the molecule is Cc1ccc2c(c1/C=C/C=C/C(=O)O)[C@H](C)C[C@H](C)[C@@H]2O. The lowest BCUT2D eigenvalue weighted by atomic mass is 9.74. The first-order valence-electron chi connectivity index (χ1n) is 7.31. The number of rotatable bonds is 3. The van der Waals surface area contributed by atoms with Gasteiger partial charge in [-0.3, -0.25) is 0 Å². The molecule has 0 bridgehead atoms. The molecule has 3 heteroatoms. The minimum absolute atomic E-state index is 0.263. The van der Waals surface area contributed by atoms with Gasteiger partial charge in [0.05, 0.1) is 6.10 Å². The maximum absolute atomic E-state index is 10.5. The molecule has 21 heavy (non-hydrogen) atoms. The number of carboxylic acids is 1. The first kappa shape index (κ1) is 15.5. The number of hydrogen-bond acceptors (Lipinski definition) is 2. The molecule has 1 aliphatic carbocycles. The molecule has 1 aromatic rings. The number of aliphatic hydroxyl groups is 1. The van der Waals surface area contributed by atoms with Crippen LogP contribution in [-0.4, -0.2) is 16.2 Å². The molecular formula is C18H22O3. The zero-order chi connectivity index (χ0) is 15.6. The monoisotopic (exact) mass is 286 g/mol. The highest BCUT2D eigenvalue weighted by Crippen LogP contribution is 2.43. The zero-order valence-corrected chi connectivity index (χ0v) is 12.7.